The van der Waals surface area contributed by atoms with Crippen LogP contribution in [0.2, 0.25) is 5.02 Å². The van der Waals surface area contributed by atoms with Gasteiger partial charge in [-0.2, -0.15) is 0 Å². The lowest BCUT2D eigenvalue weighted by Gasteiger charge is -2.13. The molecule has 0 aliphatic carbocycles. The van der Waals surface area contributed by atoms with Crippen LogP contribution in [0.1, 0.15) is 5.56 Å². The average molecular weight is 353 g/mol. The van der Waals surface area contributed by atoms with Gasteiger partial charge < -0.3 is 9.72 Å². The van der Waals surface area contributed by atoms with E-state index >= 15 is 0 Å². The van der Waals surface area contributed by atoms with Crippen molar-refractivity contribution in [3.05, 3.63) is 83.4 Å². The molecule has 0 radical (unpaired) electrons. The molecule has 0 bridgehead atoms. The lowest BCUT2D eigenvalue weighted by Crippen LogP contribution is -1.98. The van der Waals surface area contributed by atoms with E-state index in [4.69, 9.17) is 16.3 Å². The molecule has 0 amide bonds. The van der Waals surface area contributed by atoms with Crippen LogP contribution >= 0.6 is 11.6 Å². The van der Waals surface area contributed by atoms with Crippen molar-refractivity contribution in [2.45, 2.75) is 6.61 Å². The van der Waals surface area contributed by atoms with Gasteiger partial charge in [-0.25, -0.2) is 9.37 Å². The lowest BCUT2D eigenvalue weighted by atomic mass is 10.0. The minimum Gasteiger partial charge on any atom is -0.487 e. The van der Waals surface area contributed by atoms with Gasteiger partial charge in [-0.3, -0.25) is 0 Å². The molecule has 0 unspecified atom stereocenters. The molecule has 1 N–H and O–H groups in total. The van der Waals surface area contributed by atoms with Crippen molar-refractivity contribution in [2.24, 2.45) is 0 Å². The van der Waals surface area contributed by atoms with Crippen LogP contribution in [-0.2, 0) is 6.61 Å². The predicted octanol–water partition coefficient (Wildman–Crippen LogP) is 5.60. The Labute approximate surface area is 149 Å². The highest BCUT2D eigenvalue weighted by Gasteiger charge is 2.17. The van der Waals surface area contributed by atoms with Crippen molar-refractivity contribution in [3.63, 3.8) is 0 Å². The Balaban J connectivity index is 1.75. The molecule has 2 heterocycles. The zero-order valence-electron chi connectivity index (χ0n) is 13.2. The summed E-state index contributed by atoms with van der Waals surface area (Å²) in [6.45, 7) is 0.363. The summed E-state index contributed by atoms with van der Waals surface area (Å²) in [5.41, 5.74) is 2.70. The fourth-order valence-corrected chi connectivity index (χ4v) is 3.12. The molecule has 0 spiro atoms. The highest BCUT2D eigenvalue weighted by atomic mass is 35.5. The molecule has 25 heavy (non-hydrogen) atoms. The summed E-state index contributed by atoms with van der Waals surface area (Å²) in [4.78, 5) is 7.25. The first-order valence-corrected chi connectivity index (χ1v) is 8.19. The van der Waals surface area contributed by atoms with Gasteiger partial charge in [0, 0.05) is 23.3 Å². The largest absolute Gasteiger partial charge is 0.487 e. The molecular formula is C20H14ClFN2O. The average Bonchev–Trinajstić information content (AvgIpc) is 3.11. The number of benzene rings is 2. The van der Waals surface area contributed by atoms with E-state index in [2.05, 4.69) is 9.97 Å². The number of fused-ring (bicyclic) bond motifs is 1. The quantitative estimate of drug-likeness (QED) is 0.519. The fourth-order valence-electron chi connectivity index (χ4n) is 2.81. The van der Waals surface area contributed by atoms with Crippen LogP contribution in [0.5, 0.6) is 5.75 Å². The minimum atomic E-state index is -0.397. The van der Waals surface area contributed by atoms with Crippen molar-refractivity contribution < 1.29 is 9.13 Å². The third-order valence-electron chi connectivity index (χ3n) is 4.02. The first-order valence-electron chi connectivity index (χ1n) is 7.81. The van der Waals surface area contributed by atoms with E-state index in [1.54, 1.807) is 24.5 Å². The van der Waals surface area contributed by atoms with Gasteiger partial charge in [-0.05, 0) is 35.4 Å². The number of H-pyrrole nitrogens is 1. The zero-order valence-corrected chi connectivity index (χ0v) is 13.9. The van der Waals surface area contributed by atoms with E-state index in [0.717, 1.165) is 10.9 Å². The highest BCUT2D eigenvalue weighted by molar-refractivity contribution is 6.35. The Morgan fingerprint density at radius 3 is 2.72 bits per heavy atom. The number of hydrogen-bond donors (Lipinski definition) is 1. The second kappa shape index (κ2) is 6.57. The van der Waals surface area contributed by atoms with E-state index < -0.39 is 5.82 Å². The summed E-state index contributed by atoms with van der Waals surface area (Å²) in [6.07, 6.45) is 3.39. The highest BCUT2D eigenvalue weighted by Crippen LogP contribution is 2.40. The van der Waals surface area contributed by atoms with Gasteiger partial charge in [0.15, 0.2) is 0 Å². The molecule has 124 valence electrons. The van der Waals surface area contributed by atoms with Gasteiger partial charge in [0.1, 0.15) is 23.8 Å². The smallest absolute Gasteiger partial charge is 0.139 e. The molecule has 0 saturated heterocycles. The Kier molecular flexibility index (Phi) is 4.12. The third kappa shape index (κ3) is 2.96. The number of ether oxygens (including phenoxy) is 1. The summed E-state index contributed by atoms with van der Waals surface area (Å²) >= 11 is 6.49. The molecule has 4 aromatic rings. The van der Waals surface area contributed by atoms with Crippen molar-refractivity contribution in [2.75, 3.05) is 0 Å². The molecule has 2 aromatic carbocycles. The Hall–Kier alpha value is -2.85. The maximum atomic E-state index is 14.5. The first kappa shape index (κ1) is 15.7. The maximum Gasteiger partial charge on any atom is 0.139 e. The van der Waals surface area contributed by atoms with Crippen LogP contribution in [0.3, 0.4) is 0 Å². The second-order valence-corrected chi connectivity index (χ2v) is 5.99. The third-order valence-corrected chi connectivity index (χ3v) is 4.40. The summed E-state index contributed by atoms with van der Waals surface area (Å²) in [6, 6.07) is 16.3. The normalized spacial score (nSPS) is 11.0. The van der Waals surface area contributed by atoms with Gasteiger partial charge in [0.25, 0.3) is 0 Å². The van der Waals surface area contributed by atoms with Crippen LogP contribution in [-0.4, -0.2) is 9.97 Å². The zero-order chi connectivity index (χ0) is 17.2. The van der Waals surface area contributed by atoms with Gasteiger partial charge in [0.05, 0.1) is 5.02 Å². The van der Waals surface area contributed by atoms with Crippen LogP contribution in [0.4, 0.5) is 4.39 Å². The number of halogens is 2. The number of nitrogens with one attached hydrogen (secondary N) is 1. The van der Waals surface area contributed by atoms with Crippen molar-refractivity contribution in [3.8, 4) is 16.9 Å². The number of aromatic nitrogens is 2. The van der Waals surface area contributed by atoms with Crippen molar-refractivity contribution >= 4 is 22.6 Å². The first-order chi connectivity index (χ1) is 12.2. The Bertz CT molecular complexity index is 1030. The van der Waals surface area contributed by atoms with Crippen LogP contribution < -0.4 is 4.74 Å². The fraction of sp³-hybridized carbons (Fsp3) is 0.0500. The van der Waals surface area contributed by atoms with E-state index in [0.29, 0.717) is 29.1 Å². The number of nitrogens with zero attached hydrogens (tertiary/aromatic N) is 1. The number of hydrogen-bond acceptors (Lipinski definition) is 2. The predicted molar refractivity (Wildman–Crippen MR) is 97.3 cm³/mol. The molecule has 4 rings (SSSR count). The Morgan fingerprint density at radius 1 is 1.04 bits per heavy atom. The van der Waals surface area contributed by atoms with Gasteiger partial charge >= 0.3 is 0 Å². The van der Waals surface area contributed by atoms with E-state index in [9.17, 15) is 4.39 Å². The van der Waals surface area contributed by atoms with E-state index in [1.807, 2.05) is 36.4 Å². The van der Waals surface area contributed by atoms with E-state index in [-0.39, 0.29) is 5.02 Å². The summed E-state index contributed by atoms with van der Waals surface area (Å²) < 4.78 is 20.4. The molecule has 3 nitrogen and oxygen atoms in total. The van der Waals surface area contributed by atoms with Crippen LogP contribution in [0, 0.1) is 5.82 Å². The molecule has 0 aliphatic rings. The van der Waals surface area contributed by atoms with Gasteiger partial charge in [-0.15, -0.1) is 0 Å². The minimum absolute atomic E-state index is 0.254. The van der Waals surface area contributed by atoms with Gasteiger partial charge in [-0.1, -0.05) is 41.9 Å². The second-order valence-electron chi connectivity index (χ2n) is 5.61. The molecule has 0 saturated carbocycles. The summed E-state index contributed by atoms with van der Waals surface area (Å²) in [7, 11) is 0. The van der Waals surface area contributed by atoms with Crippen molar-refractivity contribution in [1.82, 2.24) is 9.97 Å². The molecular weight excluding hydrogens is 339 g/mol. The Morgan fingerprint density at radius 2 is 1.88 bits per heavy atom. The topological polar surface area (TPSA) is 37.9 Å². The van der Waals surface area contributed by atoms with Crippen LogP contribution in [0.15, 0.2) is 67.0 Å². The van der Waals surface area contributed by atoms with Crippen LogP contribution in [0.25, 0.3) is 22.2 Å². The SMILES string of the molecule is Fc1ccc(OCc2ccccc2)c(Cl)c1-c1ccnc2[nH]ccc12. The lowest BCUT2D eigenvalue weighted by molar-refractivity contribution is 0.306. The number of pyridine rings is 1. The molecule has 0 fully saturated rings. The maximum absolute atomic E-state index is 14.5. The molecule has 5 heteroatoms. The number of rotatable bonds is 4. The molecule has 0 atom stereocenters. The monoisotopic (exact) mass is 352 g/mol. The summed E-state index contributed by atoms with van der Waals surface area (Å²) in [5.74, 6) is 0.0492. The summed E-state index contributed by atoms with van der Waals surface area (Å²) in [5, 5.41) is 1.06. The van der Waals surface area contributed by atoms with Crippen molar-refractivity contribution in [1.29, 1.82) is 0 Å². The van der Waals surface area contributed by atoms with Gasteiger partial charge in [0.2, 0.25) is 0 Å². The molecule has 2 aromatic heterocycles. The molecule has 0 aliphatic heterocycles. The van der Waals surface area contributed by atoms with E-state index in [1.165, 1.54) is 6.07 Å². The number of aromatic amines is 1. The standard InChI is InChI=1S/C20H14ClFN2O/c21-19-17(25-12-13-4-2-1-3-5-13)7-6-16(22)18(19)14-8-10-23-20-15(14)9-11-24-20/h1-11H,12H2,(H,23,24).